The Balaban J connectivity index is 1.85. The minimum absolute atomic E-state index is 0.124. The van der Waals surface area contributed by atoms with E-state index in [1.54, 1.807) is 18.2 Å². The second-order valence-electron chi connectivity index (χ2n) is 5.61. The highest BCUT2D eigenvalue weighted by atomic mass is 35.5. The highest BCUT2D eigenvalue weighted by Gasteiger charge is 2.13. The Morgan fingerprint density at radius 2 is 1.62 bits per heavy atom. The zero-order valence-corrected chi connectivity index (χ0v) is 15.7. The highest BCUT2D eigenvalue weighted by Crippen LogP contribution is 2.20. The number of aryl methyl sites for hydroxylation is 2. The molecule has 0 saturated carbocycles. The van der Waals surface area contributed by atoms with Crippen molar-refractivity contribution >= 4 is 40.9 Å². The molecule has 3 N–H and O–H groups in total. The second kappa shape index (κ2) is 8.69. The van der Waals surface area contributed by atoms with Crippen molar-refractivity contribution in [3.05, 3.63) is 68.7 Å². The molecule has 0 aliphatic carbocycles. The number of rotatable bonds is 4. The Morgan fingerprint density at radius 1 is 0.885 bits per heavy atom. The molecule has 2 rings (SSSR count). The van der Waals surface area contributed by atoms with Crippen molar-refractivity contribution in [3.8, 4) is 0 Å². The summed E-state index contributed by atoms with van der Waals surface area (Å²) in [6, 6.07) is 9.65. The Morgan fingerprint density at radius 3 is 2.31 bits per heavy atom. The molecular weight excluding hydrogens is 377 g/mol. The molecule has 6 nitrogen and oxygen atoms in total. The van der Waals surface area contributed by atoms with Crippen LogP contribution < -0.4 is 16.2 Å². The first kappa shape index (κ1) is 19.8. The quantitative estimate of drug-likeness (QED) is 0.697. The molecule has 0 aromatic heterocycles. The van der Waals surface area contributed by atoms with E-state index in [9.17, 15) is 14.4 Å². The number of carbonyl (C=O) groups excluding carboxylic acids is 3. The van der Waals surface area contributed by atoms with Crippen LogP contribution in [0.1, 0.15) is 31.8 Å². The van der Waals surface area contributed by atoms with Crippen LogP contribution >= 0.6 is 23.2 Å². The monoisotopic (exact) mass is 393 g/mol. The summed E-state index contributed by atoms with van der Waals surface area (Å²) in [6.45, 7) is 3.55. The molecule has 0 saturated heterocycles. The second-order valence-corrected chi connectivity index (χ2v) is 6.45. The van der Waals surface area contributed by atoms with E-state index >= 15 is 0 Å². The summed E-state index contributed by atoms with van der Waals surface area (Å²) in [5, 5.41) is 3.02. The number of hydrogen-bond acceptors (Lipinski definition) is 3. The van der Waals surface area contributed by atoms with Crippen LogP contribution in [0.4, 0.5) is 0 Å². The Bertz CT molecular complexity index is 869. The van der Waals surface area contributed by atoms with Gasteiger partial charge in [0.1, 0.15) is 0 Å². The third kappa shape index (κ3) is 5.21. The Hall–Kier alpha value is -2.57. The third-order valence-electron chi connectivity index (χ3n) is 3.67. The van der Waals surface area contributed by atoms with Gasteiger partial charge in [-0.3, -0.25) is 25.2 Å². The van der Waals surface area contributed by atoms with Crippen molar-refractivity contribution < 1.29 is 14.4 Å². The van der Waals surface area contributed by atoms with Gasteiger partial charge in [-0.25, -0.2) is 0 Å². The number of hydrogen-bond donors (Lipinski definition) is 3. The normalized spacial score (nSPS) is 10.2. The van der Waals surface area contributed by atoms with Crippen LogP contribution in [0.2, 0.25) is 10.0 Å². The van der Waals surface area contributed by atoms with Gasteiger partial charge in [-0.1, -0.05) is 29.3 Å². The smallest absolute Gasteiger partial charge is 0.271 e. The number of benzene rings is 2. The summed E-state index contributed by atoms with van der Waals surface area (Å²) in [4.78, 5) is 35.8. The van der Waals surface area contributed by atoms with E-state index in [-0.39, 0.29) is 23.0 Å². The van der Waals surface area contributed by atoms with E-state index in [2.05, 4.69) is 16.2 Å². The maximum Gasteiger partial charge on any atom is 0.271 e. The average molecular weight is 394 g/mol. The molecule has 0 heterocycles. The Kier molecular flexibility index (Phi) is 6.60. The van der Waals surface area contributed by atoms with Crippen molar-refractivity contribution in [1.82, 2.24) is 16.2 Å². The number of hydrazine groups is 1. The zero-order valence-electron chi connectivity index (χ0n) is 14.2. The lowest BCUT2D eigenvalue weighted by Gasteiger charge is -2.10. The molecule has 2 aromatic rings. The summed E-state index contributed by atoms with van der Waals surface area (Å²) >= 11 is 11.7. The van der Waals surface area contributed by atoms with Gasteiger partial charge in [0, 0.05) is 10.6 Å². The van der Waals surface area contributed by atoms with Gasteiger partial charge in [0.25, 0.3) is 17.7 Å². The molecule has 0 aliphatic rings. The van der Waals surface area contributed by atoms with Crippen LogP contribution in [0.15, 0.2) is 36.4 Å². The lowest BCUT2D eigenvalue weighted by molar-refractivity contribution is -0.120. The van der Waals surface area contributed by atoms with Crippen molar-refractivity contribution in [1.29, 1.82) is 0 Å². The van der Waals surface area contributed by atoms with Crippen LogP contribution in [0, 0.1) is 13.8 Å². The molecule has 3 amide bonds. The molecule has 0 aliphatic heterocycles. The Labute approximate surface area is 160 Å². The molecule has 8 heteroatoms. The van der Waals surface area contributed by atoms with Gasteiger partial charge < -0.3 is 5.32 Å². The minimum Gasteiger partial charge on any atom is -0.343 e. The molecule has 2 aromatic carbocycles. The maximum absolute atomic E-state index is 12.0. The molecule has 0 fully saturated rings. The summed E-state index contributed by atoms with van der Waals surface area (Å²) in [7, 11) is 0. The van der Waals surface area contributed by atoms with Crippen molar-refractivity contribution in [2.45, 2.75) is 13.8 Å². The van der Waals surface area contributed by atoms with Gasteiger partial charge >= 0.3 is 0 Å². The molecule has 0 unspecified atom stereocenters. The highest BCUT2D eigenvalue weighted by molar-refractivity contribution is 6.35. The summed E-state index contributed by atoms with van der Waals surface area (Å²) in [5.41, 5.74) is 7.04. The summed E-state index contributed by atoms with van der Waals surface area (Å²) in [5.74, 6) is -1.59. The molecular formula is C18H17Cl2N3O3. The number of amides is 3. The van der Waals surface area contributed by atoms with Crippen molar-refractivity contribution in [2.75, 3.05) is 6.54 Å². The first-order valence-corrected chi connectivity index (χ1v) is 8.43. The van der Waals surface area contributed by atoms with Gasteiger partial charge in [0.15, 0.2) is 0 Å². The third-order valence-corrected chi connectivity index (χ3v) is 4.23. The fourth-order valence-corrected chi connectivity index (χ4v) is 2.43. The van der Waals surface area contributed by atoms with Crippen LogP contribution in [0.5, 0.6) is 0 Å². The van der Waals surface area contributed by atoms with E-state index in [4.69, 9.17) is 23.2 Å². The number of nitrogens with one attached hydrogen (secondary N) is 3. The molecule has 0 spiro atoms. The standard InChI is InChI=1S/C18H17Cl2N3O3/c1-10-3-4-12(7-11(10)2)17(25)21-9-16(24)22-23-18(26)14-8-13(19)5-6-15(14)20/h3-8H,9H2,1-2H3,(H,21,25)(H,22,24)(H,23,26). The lowest BCUT2D eigenvalue weighted by atomic mass is 10.1. The first-order chi connectivity index (χ1) is 12.3. The van der Waals surface area contributed by atoms with Crippen LogP contribution in [0.25, 0.3) is 0 Å². The molecule has 0 bridgehead atoms. The van der Waals surface area contributed by atoms with Crippen LogP contribution in [-0.4, -0.2) is 24.3 Å². The molecule has 136 valence electrons. The molecule has 26 heavy (non-hydrogen) atoms. The molecule has 0 atom stereocenters. The van der Waals surface area contributed by atoms with E-state index in [0.29, 0.717) is 10.6 Å². The minimum atomic E-state index is -0.619. The lowest BCUT2D eigenvalue weighted by Crippen LogP contribution is -2.46. The number of carbonyl (C=O) groups is 3. The van der Waals surface area contributed by atoms with Crippen LogP contribution in [0.3, 0.4) is 0 Å². The topological polar surface area (TPSA) is 87.3 Å². The van der Waals surface area contributed by atoms with Gasteiger partial charge in [0.2, 0.25) is 0 Å². The van der Waals surface area contributed by atoms with Crippen molar-refractivity contribution in [2.24, 2.45) is 0 Å². The fourth-order valence-electron chi connectivity index (χ4n) is 2.05. The van der Waals surface area contributed by atoms with Gasteiger partial charge in [-0.15, -0.1) is 0 Å². The van der Waals surface area contributed by atoms with Gasteiger partial charge in [-0.05, 0) is 55.3 Å². The van der Waals surface area contributed by atoms with Gasteiger partial charge in [-0.2, -0.15) is 0 Å². The van der Waals surface area contributed by atoms with E-state index in [1.165, 1.54) is 12.1 Å². The van der Waals surface area contributed by atoms with E-state index in [1.807, 2.05) is 19.9 Å². The average Bonchev–Trinajstić information content (AvgIpc) is 2.61. The van der Waals surface area contributed by atoms with Crippen molar-refractivity contribution in [3.63, 3.8) is 0 Å². The fraction of sp³-hybridized carbons (Fsp3) is 0.167. The van der Waals surface area contributed by atoms with E-state index < -0.39 is 11.8 Å². The maximum atomic E-state index is 12.0. The predicted molar refractivity (Wildman–Crippen MR) is 100 cm³/mol. The molecule has 0 radical (unpaired) electrons. The first-order valence-electron chi connectivity index (χ1n) is 7.67. The largest absolute Gasteiger partial charge is 0.343 e. The predicted octanol–water partition coefficient (Wildman–Crippen LogP) is 2.80. The summed E-state index contributed by atoms with van der Waals surface area (Å²) in [6.07, 6.45) is 0. The van der Waals surface area contributed by atoms with Gasteiger partial charge in [0.05, 0.1) is 17.1 Å². The van der Waals surface area contributed by atoms with E-state index in [0.717, 1.165) is 11.1 Å². The SMILES string of the molecule is Cc1ccc(C(=O)NCC(=O)NNC(=O)c2cc(Cl)ccc2Cl)cc1C. The zero-order chi connectivity index (χ0) is 19.3. The summed E-state index contributed by atoms with van der Waals surface area (Å²) < 4.78 is 0. The van der Waals surface area contributed by atoms with Crippen LogP contribution in [-0.2, 0) is 4.79 Å². The number of halogens is 2.